The first-order valence-corrected chi connectivity index (χ1v) is 8.11. The van der Waals surface area contributed by atoms with Crippen molar-refractivity contribution in [3.63, 3.8) is 0 Å². The van der Waals surface area contributed by atoms with Gasteiger partial charge in [0.15, 0.2) is 5.78 Å². The van der Waals surface area contributed by atoms with Gasteiger partial charge in [-0.1, -0.05) is 4.49 Å². The molecule has 2 heterocycles. The number of rotatable bonds is 4. The maximum atomic E-state index is 14.3. The fraction of sp³-hybridized carbons (Fsp3) is 0.312. The van der Waals surface area contributed by atoms with Crippen LogP contribution in [0.4, 0.5) is 10.1 Å². The molecule has 0 unspecified atom stereocenters. The van der Waals surface area contributed by atoms with Gasteiger partial charge in [-0.05, 0) is 61.1 Å². The minimum atomic E-state index is -0.337. The van der Waals surface area contributed by atoms with Crippen LogP contribution >= 0.6 is 11.5 Å². The van der Waals surface area contributed by atoms with Crippen LogP contribution in [0.15, 0.2) is 29.7 Å². The number of anilines is 1. The van der Waals surface area contributed by atoms with Crippen LogP contribution in [-0.4, -0.2) is 28.5 Å². The Bertz CT molecular complexity index is 679. The monoisotopic (exact) mass is 317 g/mol. The molecular weight excluding hydrogens is 301 g/mol. The molecule has 22 heavy (non-hydrogen) atoms. The summed E-state index contributed by atoms with van der Waals surface area (Å²) in [6, 6.07) is 4.70. The zero-order valence-corrected chi connectivity index (χ0v) is 12.9. The van der Waals surface area contributed by atoms with Gasteiger partial charge in [-0.2, -0.15) is 0 Å². The Hall–Kier alpha value is -2.08. The number of piperidine rings is 1. The predicted octanol–water partition coefficient (Wildman–Crippen LogP) is 3.56. The third-order valence-corrected chi connectivity index (χ3v) is 4.23. The average molecular weight is 317 g/mol. The summed E-state index contributed by atoms with van der Waals surface area (Å²) in [5, 5.41) is 5.56. The van der Waals surface area contributed by atoms with Crippen molar-refractivity contribution in [2.24, 2.45) is 0 Å². The molecule has 0 saturated carbocycles. The Balaban J connectivity index is 1.74. The van der Waals surface area contributed by atoms with Gasteiger partial charge in [0, 0.05) is 24.0 Å². The van der Waals surface area contributed by atoms with E-state index in [4.69, 9.17) is 0 Å². The summed E-state index contributed by atoms with van der Waals surface area (Å²) in [4.78, 5) is 14.1. The normalized spacial score (nSPS) is 15.4. The van der Waals surface area contributed by atoms with Crippen molar-refractivity contribution in [2.45, 2.75) is 19.3 Å². The average Bonchev–Trinajstić information content (AvgIpc) is 3.07. The third-order valence-electron chi connectivity index (χ3n) is 3.71. The molecule has 2 aromatic rings. The van der Waals surface area contributed by atoms with E-state index >= 15 is 0 Å². The number of allylic oxidation sites excluding steroid dienone is 1. The number of hydrogen-bond donors (Lipinski definition) is 0. The van der Waals surface area contributed by atoms with E-state index in [2.05, 4.69) is 9.59 Å². The van der Waals surface area contributed by atoms with Gasteiger partial charge >= 0.3 is 0 Å². The lowest BCUT2D eigenvalue weighted by molar-refractivity contribution is 0.104. The number of hydrogen-bond acceptors (Lipinski definition) is 5. The fourth-order valence-corrected chi connectivity index (χ4v) is 2.98. The molecule has 0 atom stereocenters. The first-order chi connectivity index (χ1) is 10.7. The lowest BCUT2D eigenvalue weighted by atomic mass is 10.1. The highest BCUT2D eigenvalue weighted by atomic mass is 32.1. The summed E-state index contributed by atoms with van der Waals surface area (Å²) in [7, 11) is 0. The topological polar surface area (TPSA) is 46.1 Å². The van der Waals surface area contributed by atoms with E-state index in [1.54, 1.807) is 23.6 Å². The molecule has 3 rings (SSSR count). The van der Waals surface area contributed by atoms with Gasteiger partial charge in [0.2, 0.25) is 0 Å². The van der Waals surface area contributed by atoms with E-state index < -0.39 is 0 Å². The smallest absolute Gasteiger partial charge is 0.186 e. The Morgan fingerprint density at radius 1 is 1.27 bits per heavy atom. The molecule has 0 aliphatic carbocycles. The van der Waals surface area contributed by atoms with E-state index in [0.29, 0.717) is 16.9 Å². The van der Waals surface area contributed by atoms with Crippen LogP contribution in [-0.2, 0) is 0 Å². The molecule has 1 aromatic carbocycles. The van der Waals surface area contributed by atoms with Crippen LogP contribution in [0.2, 0.25) is 0 Å². The molecule has 0 N–H and O–H groups in total. The fourth-order valence-electron chi connectivity index (χ4n) is 2.55. The lowest BCUT2D eigenvalue weighted by Gasteiger charge is -2.29. The quantitative estimate of drug-likeness (QED) is 0.639. The molecule has 1 saturated heterocycles. The molecule has 1 aromatic heterocycles. The number of halogens is 1. The molecule has 0 amide bonds. The van der Waals surface area contributed by atoms with Crippen molar-refractivity contribution < 1.29 is 9.18 Å². The highest BCUT2D eigenvalue weighted by molar-refractivity contribution is 7.03. The number of benzene rings is 1. The first-order valence-electron chi connectivity index (χ1n) is 7.28. The van der Waals surface area contributed by atoms with Crippen molar-refractivity contribution in [3.05, 3.63) is 46.7 Å². The highest BCUT2D eigenvalue weighted by Gasteiger charge is 2.16. The number of aromatic nitrogens is 2. The SMILES string of the molecule is O=C(C=Cc1csnn1)c1ccc(N2CCCCC2)c(F)c1. The lowest BCUT2D eigenvalue weighted by Crippen LogP contribution is -2.30. The molecule has 0 bridgehead atoms. The number of carbonyl (C=O) groups excluding carboxylic acids is 1. The van der Waals surface area contributed by atoms with E-state index in [9.17, 15) is 9.18 Å². The minimum Gasteiger partial charge on any atom is -0.369 e. The van der Waals surface area contributed by atoms with Crippen LogP contribution in [0.1, 0.15) is 35.3 Å². The Labute approximate surface area is 132 Å². The summed E-state index contributed by atoms with van der Waals surface area (Å²) in [6.45, 7) is 1.75. The van der Waals surface area contributed by atoms with Gasteiger partial charge in [0.05, 0.1) is 11.4 Å². The van der Waals surface area contributed by atoms with Gasteiger partial charge < -0.3 is 4.90 Å². The van der Waals surface area contributed by atoms with E-state index in [-0.39, 0.29) is 11.6 Å². The minimum absolute atomic E-state index is 0.239. The predicted molar refractivity (Wildman–Crippen MR) is 85.7 cm³/mol. The van der Waals surface area contributed by atoms with Crippen molar-refractivity contribution in [3.8, 4) is 0 Å². The molecule has 4 nitrogen and oxygen atoms in total. The van der Waals surface area contributed by atoms with E-state index in [0.717, 1.165) is 25.9 Å². The van der Waals surface area contributed by atoms with Crippen LogP contribution < -0.4 is 4.90 Å². The summed E-state index contributed by atoms with van der Waals surface area (Å²) in [6.07, 6.45) is 6.36. The number of carbonyl (C=O) groups is 1. The Morgan fingerprint density at radius 3 is 2.77 bits per heavy atom. The van der Waals surface area contributed by atoms with Crippen molar-refractivity contribution in [1.29, 1.82) is 0 Å². The van der Waals surface area contributed by atoms with Crippen molar-refractivity contribution >= 4 is 29.1 Å². The molecule has 1 aliphatic rings. The number of nitrogens with zero attached hydrogens (tertiary/aromatic N) is 3. The second kappa shape index (κ2) is 6.79. The summed E-state index contributed by atoms with van der Waals surface area (Å²) in [5.74, 6) is -0.575. The first kappa shape index (κ1) is 14.8. The summed E-state index contributed by atoms with van der Waals surface area (Å²) < 4.78 is 18.0. The second-order valence-electron chi connectivity index (χ2n) is 5.24. The molecule has 114 valence electrons. The molecule has 0 spiro atoms. The standard InChI is InChI=1S/C16H16FN3OS/c17-14-10-12(16(21)7-5-13-11-22-19-18-13)4-6-15(14)20-8-2-1-3-9-20/h4-7,10-11H,1-3,8-9H2. The van der Waals surface area contributed by atoms with E-state index in [1.165, 1.54) is 30.1 Å². The summed E-state index contributed by atoms with van der Waals surface area (Å²) in [5.41, 5.74) is 1.56. The zero-order valence-electron chi connectivity index (χ0n) is 12.0. The molecule has 1 aliphatic heterocycles. The largest absolute Gasteiger partial charge is 0.369 e. The van der Waals surface area contributed by atoms with Gasteiger partial charge in [-0.15, -0.1) is 5.10 Å². The second-order valence-corrected chi connectivity index (χ2v) is 5.85. The van der Waals surface area contributed by atoms with Gasteiger partial charge in [0.25, 0.3) is 0 Å². The van der Waals surface area contributed by atoms with Crippen LogP contribution in [0.5, 0.6) is 0 Å². The Kier molecular flexibility index (Phi) is 4.58. The van der Waals surface area contributed by atoms with Gasteiger partial charge in [-0.3, -0.25) is 4.79 Å². The molecule has 1 fully saturated rings. The number of ketones is 1. The molecule has 6 heteroatoms. The maximum absolute atomic E-state index is 14.3. The highest BCUT2D eigenvalue weighted by Crippen LogP contribution is 2.24. The Morgan fingerprint density at radius 2 is 2.09 bits per heavy atom. The molecular formula is C16H16FN3OS. The van der Waals surface area contributed by atoms with Crippen molar-refractivity contribution in [1.82, 2.24) is 9.59 Å². The van der Waals surface area contributed by atoms with Crippen molar-refractivity contribution in [2.75, 3.05) is 18.0 Å². The summed E-state index contributed by atoms with van der Waals surface area (Å²) >= 11 is 1.22. The van der Waals surface area contributed by atoms with Crippen LogP contribution in [0.3, 0.4) is 0 Å². The van der Waals surface area contributed by atoms with Crippen LogP contribution in [0, 0.1) is 5.82 Å². The van der Waals surface area contributed by atoms with E-state index in [1.807, 2.05) is 4.90 Å². The van der Waals surface area contributed by atoms with Crippen LogP contribution in [0.25, 0.3) is 6.08 Å². The maximum Gasteiger partial charge on any atom is 0.186 e. The zero-order chi connectivity index (χ0) is 15.4. The molecule has 0 radical (unpaired) electrons. The van der Waals surface area contributed by atoms with Gasteiger partial charge in [0.1, 0.15) is 5.82 Å². The van der Waals surface area contributed by atoms with Gasteiger partial charge in [-0.25, -0.2) is 4.39 Å². The third kappa shape index (κ3) is 3.39.